The molecule has 1 N–H and O–H groups in total. The Labute approximate surface area is 98.7 Å². The minimum absolute atomic E-state index is 0.0163. The first-order chi connectivity index (χ1) is 7.86. The van der Waals surface area contributed by atoms with Crippen LogP contribution in [0.2, 0.25) is 0 Å². The minimum atomic E-state index is -0.651. The van der Waals surface area contributed by atoms with Gasteiger partial charge in [0.05, 0.1) is 17.6 Å². The Hall–Kier alpha value is -2.11. The second-order valence-corrected chi connectivity index (χ2v) is 4.05. The molecule has 0 bridgehead atoms. The van der Waals surface area contributed by atoms with Crippen LogP contribution in [-0.2, 0) is 10.3 Å². The number of hydrogen-bond acceptors (Lipinski definition) is 4. The Morgan fingerprint density at radius 1 is 1.35 bits per heavy atom. The van der Waals surface area contributed by atoms with E-state index in [1.165, 1.54) is 19.2 Å². The standard InChI is InChI=1S/C11H14N2O4/c1-11(2,12-10(14)17-3)8-4-6-9(7-5-8)13(15)16/h4-7H,1-3H3,(H,12,14). The lowest BCUT2D eigenvalue weighted by Crippen LogP contribution is -2.40. The van der Waals surface area contributed by atoms with Gasteiger partial charge in [-0.15, -0.1) is 0 Å². The first-order valence-corrected chi connectivity index (χ1v) is 4.98. The lowest BCUT2D eigenvalue weighted by Gasteiger charge is -2.25. The molecule has 0 fully saturated rings. The van der Waals surface area contributed by atoms with Crippen molar-refractivity contribution in [1.82, 2.24) is 5.32 Å². The van der Waals surface area contributed by atoms with E-state index in [1.54, 1.807) is 26.0 Å². The number of benzene rings is 1. The van der Waals surface area contributed by atoms with Gasteiger partial charge in [-0.3, -0.25) is 10.1 Å². The normalized spacial score (nSPS) is 10.8. The average molecular weight is 238 g/mol. The van der Waals surface area contributed by atoms with Gasteiger partial charge in [0, 0.05) is 12.1 Å². The predicted octanol–water partition coefficient (Wildman–Crippen LogP) is 2.19. The molecular formula is C11H14N2O4. The molecule has 0 aliphatic rings. The van der Waals surface area contributed by atoms with Crippen molar-refractivity contribution >= 4 is 11.8 Å². The van der Waals surface area contributed by atoms with E-state index in [0.29, 0.717) is 0 Å². The summed E-state index contributed by atoms with van der Waals surface area (Å²) in [6, 6.07) is 6.01. The number of carbonyl (C=O) groups is 1. The maximum atomic E-state index is 11.1. The Morgan fingerprint density at radius 3 is 2.29 bits per heavy atom. The second kappa shape index (κ2) is 4.82. The van der Waals surface area contributed by atoms with Crippen molar-refractivity contribution < 1.29 is 14.5 Å². The largest absolute Gasteiger partial charge is 0.453 e. The van der Waals surface area contributed by atoms with E-state index in [9.17, 15) is 14.9 Å². The summed E-state index contributed by atoms with van der Waals surface area (Å²) in [6.45, 7) is 3.57. The van der Waals surface area contributed by atoms with Crippen LogP contribution in [0.3, 0.4) is 0 Å². The molecule has 0 aliphatic carbocycles. The van der Waals surface area contributed by atoms with Crippen LogP contribution >= 0.6 is 0 Å². The van der Waals surface area contributed by atoms with Gasteiger partial charge in [-0.1, -0.05) is 0 Å². The summed E-state index contributed by atoms with van der Waals surface area (Å²) in [5.41, 5.74) is 0.124. The van der Waals surface area contributed by atoms with Crippen LogP contribution in [0, 0.1) is 10.1 Å². The number of nitro groups is 1. The summed E-state index contributed by atoms with van der Waals surface area (Å²) < 4.78 is 4.51. The zero-order valence-corrected chi connectivity index (χ0v) is 9.89. The maximum absolute atomic E-state index is 11.1. The molecule has 1 aromatic rings. The summed E-state index contributed by atoms with van der Waals surface area (Å²) >= 11 is 0. The molecule has 0 saturated heterocycles. The highest BCUT2D eigenvalue weighted by Gasteiger charge is 2.23. The van der Waals surface area contributed by atoms with Crippen molar-refractivity contribution in [2.75, 3.05) is 7.11 Å². The highest BCUT2D eigenvalue weighted by molar-refractivity contribution is 5.68. The van der Waals surface area contributed by atoms with Gasteiger partial charge in [0.2, 0.25) is 0 Å². The Morgan fingerprint density at radius 2 is 1.88 bits per heavy atom. The van der Waals surface area contributed by atoms with Crippen molar-refractivity contribution in [2.45, 2.75) is 19.4 Å². The van der Waals surface area contributed by atoms with Crippen molar-refractivity contribution in [2.24, 2.45) is 0 Å². The molecule has 1 amide bonds. The van der Waals surface area contributed by atoms with Crippen molar-refractivity contribution in [3.05, 3.63) is 39.9 Å². The van der Waals surface area contributed by atoms with E-state index in [4.69, 9.17) is 0 Å². The fraction of sp³-hybridized carbons (Fsp3) is 0.364. The lowest BCUT2D eigenvalue weighted by atomic mass is 9.94. The van der Waals surface area contributed by atoms with Gasteiger partial charge in [-0.2, -0.15) is 0 Å². The Balaban J connectivity index is 2.91. The molecule has 6 nitrogen and oxygen atoms in total. The molecule has 17 heavy (non-hydrogen) atoms. The smallest absolute Gasteiger partial charge is 0.407 e. The Bertz CT molecular complexity index is 426. The molecule has 0 saturated carbocycles. The van der Waals surface area contributed by atoms with Crippen LogP contribution in [-0.4, -0.2) is 18.1 Å². The van der Waals surface area contributed by atoms with E-state index >= 15 is 0 Å². The summed E-state index contributed by atoms with van der Waals surface area (Å²) in [4.78, 5) is 21.2. The fourth-order valence-electron chi connectivity index (χ4n) is 1.38. The predicted molar refractivity (Wildman–Crippen MR) is 61.7 cm³/mol. The SMILES string of the molecule is COC(=O)NC(C)(C)c1ccc([N+](=O)[O-])cc1. The number of carbonyl (C=O) groups excluding carboxylic acids is 1. The van der Waals surface area contributed by atoms with E-state index in [1.807, 2.05) is 0 Å². The summed E-state index contributed by atoms with van der Waals surface area (Å²) in [5, 5.41) is 13.1. The molecule has 1 rings (SSSR count). The van der Waals surface area contributed by atoms with Crippen LogP contribution in [0.4, 0.5) is 10.5 Å². The van der Waals surface area contributed by atoms with Crippen LogP contribution in [0.15, 0.2) is 24.3 Å². The number of hydrogen-bond donors (Lipinski definition) is 1. The van der Waals surface area contributed by atoms with Crippen molar-refractivity contribution in [3.63, 3.8) is 0 Å². The maximum Gasteiger partial charge on any atom is 0.407 e. The summed E-state index contributed by atoms with van der Waals surface area (Å²) in [7, 11) is 1.28. The van der Waals surface area contributed by atoms with E-state index in [2.05, 4.69) is 10.1 Å². The van der Waals surface area contributed by atoms with Gasteiger partial charge in [0.25, 0.3) is 5.69 Å². The van der Waals surface area contributed by atoms with Crippen LogP contribution in [0.1, 0.15) is 19.4 Å². The fourth-order valence-corrected chi connectivity index (χ4v) is 1.38. The topological polar surface area (TPSA) is 81.5 Å². The summed E-state index contributed by atoms with van der Waals surface area (Å²) in [5.74, 6) is 0. The number of rotatable bonds is 3. The third-order valence-electron chi connectivity index (χ3n) is 2.40. The summed E-state index contributed by atoms with van der Waals surface area (Å²) in [6.07, 6.45) is -0.548. The van der Waals surface area contributed by atoms with E-state index in [-0.39, 0.29) is 5.69 Å². The zero-order valence-electron chi connectivity index (χ0n) is 9.89. The highest BCUT2D eigenvalue weighted by Crippen LogP contribution is 2.22. The molecule has 0 aliphatic heterocycles. The van der Waals surface area contributed by atoms with Gasteiger partial charge < -0.3 is 10.1 Å². The molecule has 0 heterocycles. The molecule has 0 atom stereocenters. The molecule has 92 valence electrons. The molecule has 0 spiro atoms. The first-order valence-electron chi connectivity index (χ1n) is 4.98. The van der Waals surface area contributed by atoms with Gasteiger partial charge >= 0.3 is 6.09 Å². The number of alkyl carbamates (subject to hydrolysis) is 1. The quantitative estimate of drug-likeness (QED) is 0.646. The number of non-ortho nitro benzene ring substituents is 1. The zero-order chi connectivity index (χ0) is 13.1. The van der Waals surface area contributed by atoms with Gasteiger partial charge in [0.1, 0.15) is 0 Å². The first kappa shape index (κ1) is 13.0. The monoisotopic (exact) mass is 238 g/mol. The molecule has 1 aromatic carbocycles. The van der Waals surface area contributed by atoms with Crippen molar-refractivity contribution in [1.29, 1.82) is 0 Å². The number of amides is 1. The molecule has 6 heteroatoms. The number of ether oxygens (including phenoxy) is 1. The third kappa shape index (κ3) is 3.17. The minimum Gasteiger partial charge on any atom is -0.453 e. The number of nitrogens with zero attached hydrogens (tertiary/aromatic N) is 1. The lowest BCUT2D eigenvalue weighted by molar-refractivity contribution is -0.384. The van der Waals surface area contributed by atoms with Crippen LogP contribution in [0.5, 0.6) is 0 Å². The number of nitrogens with one attached hydrogen (secondary N) is 1. The highest BCUT2D eigenvalue weighted by atomic mass is 16.6. The van der Waals surface area contributed by atoms with E-state index in [0.717, 1.165) is 5.56 Å². The molecule has 0 unspecified atom stereocenters. The van der Waals surface area contributed by atoms with Gasteiger partial charge in [-0.05, 0) is 31.5 Å². The van der Waals surface area contributed by atoms with Crippen LogP contribution in [0.25, 0.3) is 0 Å². The molecule has 0 aromatic heterocycles. The number of methoxy groups -OCH3 is 1. The third-order valence-corrected chi connectivity index (χ3v) is 2.40. The van der Waals surface area contributed by atoms with Gasteiger partial charge in [0.15, 0.2) is 0 Å². The average Bonchev–Trinajstić information content (AvgIpc) is 2.28. The molecule has 0 radical (unpaired) electrons. The van der Waals surface area contributed by atoms with E-state index < -0.39 is 16.6 Å². The second-order valence-electron chi connectivity index (χ2n) is 4.05. The Kier molecular flexibility index (Phi) is 3.67. The van der Waals surface area contributed by atoms with Gasteiger partial charge in [-0.25, -0.2) is 4.79 Å². The van der Waals surface area contributed by atoms with Crippen molar-refractivity contribution in [3.8, 4) is 0 Å². The van der Waals surface area contributed by atoms with Crippen LogP contribution < -0.4 is 5.32 Å². The number of nitro benzene ring substituents is 1. The molecular weight excluding hydrogens is 224 g/mol.